The van der Waals surface area contributed by atoms with Gasteiger partial charge in [-0.15, -0.1) is 6.58 Å². The minimum Gasteiger partial charge on any atom is -0.312 e. The molecule has 1 aliphatic heterocycles. The van der Waals surface area contributed by atoms with Crippen LogP contribution in [0, 0.1) is 0 Å². The van der Waals surface area contributed by atoms with E-state index in [-0.39, 0.29) is 0 Å². The summed E-state index contributed by atoms with van der Waals surface area (Å²) in [5.74, 6) is 1.29. The molecule has 0 saturated carbocycles. The molecule has 1 aliphatic rings. The third kappa shape index (κ3) is 4.69. The van der Waals surface area contributed by atoms with Crippen LogP contribution in [0.3, 0.4) is 0 Å². The van der Waals surface area contributed by atoms with Gasteiger partial charge in [0.05, 0.1) is 0 Å². The first-order chi connectivity index (χ1) is 6.33. The van der Waals surface area contributed by atoms with Gasteiger partial charge in [0.2, 0.25) is 0 Å². The zero-order valence-electron chi connectivity index (χ0n) is 8.46. The fourth-order valence-electron chi connectivity index (χ4n) is 1.53. The molecule has 0 bridgehead atoms. The second-order valence-corrected chi connectivity index (χ2v) is 5.02. The van der Waals surface area contributed by atoms with Crippen molar-refractivity contribution >= 4 is 11.8 Å². The lowest BCUT2D eigenvalue weighted by molar-refractivity contribution is 0.287. The summed E-state index contributed by atoms with van der Waals surface area (Å²) >= 11 is 2.09. The number of nitrogens with zero attached hydrogens (tertiary/aromatic N) is 1. The molecule has 1 N–H and O–H groups in total. The Bertz CT molecular complexity index is 150. The number of nitrogens with one attached hydrogen (secondary N) is 1. The Hall–Kier alpha value is 0.0100. The van der Waals surface area contributed by atoms with E-state index in [4.69, 9.17) is 0 Å². The average Bonchev–Trinajstić information content (AvgIpc) is 2.13. The van der Waals surface area contributed by atoms with Crippen molar-refractivity contribution in [2.45, 2.75) is 12.2 Å². The minimum atomic E-state index is 0.813. The topological polar surface area (TPSA) is 15.3 Å². The quantitative estimate of drug-likeness (QED) is 0.530. The summed E-state index contributed by atoms with van der Waals surface area (Å²) < 4.78 is 0. The number of rotatable bonds is 5. The van der Waals surface area contributed by atoms with Gasteiger partial charge >= 0.3 is 0 Å². The molecule has 0 amide bonds. The van der Waals surface area contributed by atoms with E-state index in [1.54, 1.807) is 0 Å². The fraction of sp³-hybridized carbons (Fsp3) is 0.800. The summed E-state index contributed by atoms with van der Waals surface area (Å²) in [4.78, 5) is 2.54. The molecule has 2 nitrogen and oxygen atoms in total. The Balaban J connectivity index is 2.03. The second-order valence-electron chi connectivity index (χ2n) is 3.47. The van der Waals surface area contributed by atoms with Gasteiger partial charge in [0.25, 0.3) is 0 Å². The molecule has 1 heterocycles. The van der Waals surface area contributed by atoms with Crippen LogP contribution in [0.4, 0.5) is 0 Å². The second kappa shape index (κ2) is 6.46. The standard InChI is InChI=1S/C10H20N2S/c1-3-4-11-5-6-12-7-8-13-10(2)9-12/h3,10-11H,1,4-9H2,2H3. The maximum absolute atomic E-state index is 3.68. The zero-order valence-corrected chi connectivity index (χ0v) is 9.28. The Morgan fingerprint density at radius 3 is 3.23 bits per heavy atom. The van der Waals surface area contributed by atoms with Crippen molar-refractivity contribution in [1.29, 1.82) is 0 Å². The highest BCUT2D eigenvalue weighted by atomic mass is 32.2. The Morgan fingerprint density at radius 1 is 1.69 bits per heavy atom. The van der Waals surface area contributed by atoms with Crippen LogP contribution in [0.1, 0.15) is 6.92 Å². The van der Waals surface area contributed by atoms with Gasteiger partial charge in [-0.05, 0) is 0 Å². The molecule has 0 aliphatic carbocycles. The summed E-state index contributed by atoms with van der Waals surface area (Å²) in [5.41, 5.74) is 0. The molecule has 0 aromatic carbocycles. The lowest BCUT2D eigenvalue weighted by Crippen LogP contribution is -2.40. The summed E-state index contributed by atoms with van der Waals surface area (Å²) in [5, 5.41) is 4.14. The molecule has 76 valence electrons. The van der Waals surface area contributed by atoms with Crippen molar-refractivity contribution in [1.82, 2.24) is 10.2 Å². The van der Waals surface area contributed by atoms with E-state index in [9.17, 15) is 0 Å². The molecule has 1 fully saturated rings. The van der Waals surface area contributed by atoms with E-state index in [0.717, 1.165) is 18.3 Å². The molecule has 0 spiro atoms. The lowest BCUT2D eigenvalue weighted by atomic mass is 10.3. The fourth-order valence-corrected chi connectivity index (χ4v) is 2.62. The van der Waals surface area contributed by atoms with E-state index in [2.05, 4.69) is 35.5 Å². The molecule has 3 heteroatoms. The molecule has 1 unspecified atom stereocenters. The largest absolute Gasteiger partial charge is 0.312 e. The highest BCUT2D eigenvalue weighted by molar-refractivity contribution is 7.99. The summed E-state index contributed by atoms with van der Waals surface area (Å²) in [7, 11) is 0. The lowest BCUT2D eigenvalue weighted by Gasteiger charge is -2.30. The first-order valence-electron chi connectivity index (χ1n) is 4.98. The summed E-state index contributed by atoms with van der Waals surface area (Å²) in [6.07, 6.45) is 1.91. The SMILES string of the molecule is C=CCNCCN1CCSC(C)C1. The maximum Gasteiger partial charge on any atom is 0.0147 e. The van der Waals surface area contributed by atoms with E-state index in [1.807, 2.05) is 6.08 Å². The van der Waals surface area contributed by atoms with Gasteiger partial charge in [-0.3, -0.25) is 0 Å². The predicted octanol–water partition coefficient (Wildman–Crippen LogP) is 1.20. The smallest absolute Gasteiger partial charge is 0.0147 e. The van der Waals surface area contributed by atoms with Crippen LogP contribution in [-0.2, 0) is 0 Å². The highest BCUT2D eigenvalue weighted by Gasteiger charge is 2.15. The Morgan fingerprint density at radius 2 is 2.54 bits per heavy atom. The van der Waals surface area contributed by atoms with Gasteiger partial charge in [0.1, 0.15) is 0 Å². The molecule has 0 radical (unpaired) electrons. The average molecular weight is 200 g/mol. The third-order valence-corrected chi connectivity index (χ3v) is 3.36. The van der Waals surface area contributed by atoms with Crippen LogP contribution < -0.4 is 5.32 Å². The van der Waals surface area contributed by atoms with Gasteiger partial charge in [-0.2, -0.15) is 11.8 Å². The van der Waals surface area contributed by atoms with E-state index < -0.39 is 0 Å². The first kappa shape index (κ1) is 11.1. The molecule has 0 aromatic rings. The van der Waals surface area contributed by atoms with Crippen LogP contribution in [-0.4, -0.2) is 48.6 Å². The van der Waals surface area contributed by atoms with Gasteiger partial charge in [-0.1, -0.05) is 13.0 Å². The number of hydrogen-bond donors (Lipinski definition) is 1. The maximum atomic E-state index is 3.68. The van der Waals surface area contributed by atoms with Crippen LogP contribution in [0.5, 0.6) is 0 Å². The number of hydrogen-bond acceptors (Lipinski definition) is 3. The van der Waals surface area contributed by atoms with Crippen molar-refractivity contribution in [2.75, 3.05) is 38.5 Å². The van der Waals surface area contributed by atoms with Gasteiger partial charge < -0.3 is 10.2 Å². The molecule has 1 rings (SSSR count). The minimum absolute atomic E-state index is 0.813. The van der Waals surface area contributed by atoms with Crippen molar-refractivity contribution < 1.29 is 0 Å². The Kier molecular flexibility index (Phi) is 5.51. The molecular weight excluding hydrogens is 180 g/mol. The van der Waals surface area contributed by atoms with Crippen LogP contribution >= 0.6 is 11.8 Å². The molecule has 1 saturated heterocycles. The molecule has 1 atom stereocenters. The van der Waals surface area contributed by atoms with Gasteiger partial charge in [0.15, 0.2) is 0 Å². The van der Waals surface area contributed by atoms with Crippen LogP contribution in [0.2, 0.25) is 0 Å². The highest BCUT2D eigenvalue weighted by Crippen LogP contribution is 2.16. The van der Waals surface area contributed by atoms with E-state index >= 15 is 0 Å². The molecule has 13 heavy (non-hydrogen) atoms. The first-order valence-corrected chi connectivity index (χ1v) is 6.03. The molecular formula is C10H20N2S. The summed E-state index contributed by atoms with van der Waals surface area (Å²) in [6.45, 7) is 11.7. The Labute approximate surface area is 85.8 Å². The van der Waals surface area contributed by atoms with Crippen molar-refractivity contribution in [3.05, 3.63) is 12.7 Å². The summed E-state index contributed by atoms with van der Waals surface area (Å²) in [6, 6.07) is 0. The third-order valence-electron chi connectivity index (χ3n) is 2.22. The zero-order chi connectivity index (χ0) is 9.52. The normalized spacial score (nSPS) is 24.5. The van der Waals surface area contributed by atoms with Gasteiger partial charge in [0, 0.05) is 43.7 Å². The van der Waals surface area contributed by atoms with E-state index in [1.165, 1.54) is 25.4 Å². The van der Waals surface area contributed by atoms with Crippen molar-refractivity contribution in [3.8, 4) is 0 Å². The van der Waals surface area contributed by atoms with Crippen molar-refractivity contribution in [2.24, 2.45) is 0 Å². The van der Waals surface area contributed by atoms with Crippen molar-refractivity contribution in [3.63, 3.8) is 0 Å². The van der Waals surface area contributed by atoms with E-state index in [0.29, 0.717) is 0 Å². The van der Waals surface area contributed by atoms with Gasteiger partial charge in [-0.25, -0.2) is 0 Å². The molecule has 0 aromatic heterocycles. The monoisotopic (exact) mass is 200 g/mol. The predicted molar refractivity (Wildman–Crippen MR) is 61.4 cm³/mol. The van der Waals surface area contributed by atoms with Crippen LogP contribution in [0.15, 0.2) is 12.7 Å². The number of thioether (sulfide) groups is 1. The van der Waals surface area contributed by atoms with Crippen LogP contribution in [0.25, 0.3) is 0 Å².